The molecule has 0 fully saturated rings. The molecule has 0 radical (unpaired) electrons. The maximum absolute atomic E-state index is 13.1. The second-order valence-corrected chi connectivity index (χ2v) is 16.5. The topological polar surface area (TPSA) is 180 Å². The molecule has 2 atom stereocenters. The number of H-pyrrole nitrogens is 1. The van der Waals surface area contributed by atoms with Crippen molar-refractivity contribution in [1.29, 1.82) is 0 Å². The van der Waals surface area contributed by atoms with E-state index in [1.807, 2.05) is 41.5 Å². The molecule has 1 N–H and O–H groups in total. The molecular weight excluding hydrogens is 606 g/mol. The second-order valence-electron chi connectivity index (χ2n) is 13.9. The summed E-state index contributed by atoms with van der Waals surface area (Å²) in [6.45, 7) is 11.6. The number of ether oxygens (including phenoxy) is 1. The standard InChI is InChI=1S/C32H35NO9S2/c1-15-11-31(3,4)13-22-18(15)9-20-24(25-17(30(34)35)7-8-33-25)21-10-19-16(2)12-32(5,6)14-23(19)29(44(39,40)41)27(21)42-26(20)28(22)43(36,37)38/h7-10,13,15-16,33H,11-12,14H2,1-6H3,(H,34,35)(H,36,37,38)(H,39,40,41)/p-3. The fourth-order valence-electron chi connectivity index (χ4n) is 7.74. The van der Waals surface area contributed by atoms with Crippen molar-refractivity contribution in [1.82, 2.24) is 4.98 Å². The van der Waals surface area contributed by atoms with Crippen molar-refractivity contribution in [3.63, 3.8) is 0 Å². The van der Waals surface area contributed by atoms with Crippen LogP contribution in [0.2, 0.25) is 0 Å². The number of hydrogen-bond donors (Lipinski definition) is 1. The fraction of sp³-hybridized carbons (Fsp3) is 0.406. The summed E-state index contributed by atoms with van der Waals surface area (Å²) >= 11 is 0. The SMILES string of the molecule is CC1CC(C)(C)Cc2c1cc1c(c2S(=O)(=O)[O-])Oc2c(S(=O)(=O)[O-])c3c(cc2=C1c1[nH]ccc1C(=O)[O-])C(C)CC(C)(C)C=3. The highest BCUT2D eigenvalue weighted by molar-refractivity contribution is 7.86. The predicted octanol–water partition coefficient (Wildman–Crippen LogP) is 2.93. The number of carbonyl (C=O) groups excluding carboxylic acids is 1. The summed E-state index contributed by atoms with van der Waals surface area (Å²) in [4.78, 5) is 13.8. The molecule has 2 aromatic carbocycles. The zero-order valence-corrected chi connectivity index (χ0v) is 26.8. The van der Waals surface area contributed by atoms with Crippen LogP contribution in [0, 0.1) is 10.8 Å². The number of rotatable bonds is 4. The number of aromatic carboxylic acids is 1. The van der Waals surface area contributed by atoms with Gasteiger partial charge in [-0.25, -0.2) is 16.8 Å². The first-order valence-electron chi connectivity index (χ1n) is 14.3. The Morgan fingerprint density at radius 3 is 2.18 bits per heavy atom. The van der Waals surface area contributed by atoms with Gasteiger partial charge in [-0.05, 0) is 82.0 Å². The molecule has 1 aromatic heterocycles. The monoisotopic (exact) mass is 638 g/mol. The van der Waals surface area contributed by atoms with Crippen LogP contribution in [-0.4, -0.2) is 36.9 Å². The number of nitrogens with one attached hydrogen (secondary N) is 1. The molecule has 0 amide bonds. The van der Waals surface area contributed by atoms with Gasteiger partial charge in [-0.2, -0.15) is 0 Å². The lowest BCUT2D eigenvalue weighted by Crippen LogP contribution is -2.35. The van der Waals surface area contributed by atoms with E-state index in [0.29, 0.717) is 24.0 Å². The summed E-state index contributed by atoms with van der Waals surface area (Å²) in [7, 11) is -10.5. The Balaban J connectivity index is 1.90. The van der Waals surface area contributed by atoms with Gasteiger partial charge < -0.3 is 28.7 Å². The molecule has 0 saturated heterocycles. The van der Waals surface area contributed by atoms with Crippen LogP contribution in [-0.2, 0) is 26.7 Å². The van der Waals surface area contributed by atoms with Crippen molar-refractivity contribution in [2.45, 2.75) is 82.4 Å². The third kappa shape index (κ3) is 4.79. The molecule has 1 aliphatic heterocycles. The van der Waals surface area contributed by atoms with Crippen LogP contribution in [0.25, 0.3) is 11.6 Å². The molecule has 0 bridgehead atoms. The maximum Gasteiger partial charge on any atom is 0.153 e. The minimum Gasteiger partial charge on any atom is -0.744 e. The molecule has 6 rings (SSSR count). The van der Waals surface area contributed by atoms with Gasteiger partial charge in [0, 0.05) is 28.1 Å². The Hall–Kier alpha value is -3.45. The first-order chi connectivity index (χ1) is 20.2. The molecule has 234 valence electrons. The van der Waals surface area contributed by atoms with Gasteiger partial charge in [0.25, 0.3) is 0 Å². The minimum atomic E-state index is -5.26. The lowest BCUT2D eigenvalue weighted by Gasteiger charge is -2.39. The van der Waals surface area contributed by atoms with Gasteiger partial charge in [0.15, 0.2) is 11.5 Å². The van der Waals surface area contributed by atoms with E-state index in [0.717, 1.165) is 0 Å². The van der Waals surface area contributed by atoms with Crippen molar-refractivity contribution in [2.75, 3.05) is 0 Å². The molecule has 3 aliphatic rings. The van der Waals surface area contributed by atoms with Crippen LogP contribution in [0.1, 0.15) is 105 Å². The number of carboxylic acids is 1. The van der Waals surface area contributed by atoms with E-state index in [9.17, 15) is 35.8 Å². The molecular formula is C32H32NO9S2-3. The summed E-state index contributed by atoms with van der Waals surface area (Å²) in [6, 6.07) is 4.63. The molecule has 2 unspecified atom stereocenters. The van der Waals surface area contributed by atoms with Crippen LogP contribution < -0.4 is 20.3 Å². The van der Waals surface area contributed by atoms with E-state index in [1.54, 1.807) is 18.2 Å². The van der Waals surface area contributed by atoms with Gasteiger partial charge in [0.05, 0.1) is 11.7 Å². The maximum atomic E-state index is 13.1. The smallest absolute Gasteiger partial charge is 0.153 e. The van der Waals surface area contributed by atoms with Gasteiger partial charge in [0.2, 0.25) is 0 Å². The number of hydrogen-bond acceptors (Lipinski definition) is 9. The Morgan fingerprint density at radius 1 is 0.932 bits per heavy atom. The average molecular weight is 639 g/mol. The predicted molar refractivity (Wildman–Crippen MR) is 157 cm³/mol. The van der Waals surface area contributed by atoms with Crippen LogP contribution in [0.3, 0.4) is 0 Å². The fourth-order valence-corrected chi connectivity index (χ4v) is 9.43. The number of fused-ring (bicyclic) bond motifs is 4. The first-order valence-corrected chi connectivity index (χ1v) is 17.1. The molecule has 2 aliphatic carbocycles. The highest BCUT2D eigenvalue weighted by atomic mass is 32.2. The summed E-state index contributed by atoms with van der Waals surface area (Å²) in [6.07, 6.45) is 4.60. The third-order valence-electron chi connectivity index (χ3n) is 9.08. The molecule has 3 aromatic rings. The zero-order valence-electron chi connectivity index (χ0n) is 25.2. The molecule has 10 nitrogen and oxygen atoms in total. The Kier molecular flexibility index (Phi) is 6.62. The number of carboxylic acid groups (broad SMARTS) is 1. The van der Waals surface area contributed by atoms with Crippen molar-refractivity contribution in [3.05, 3.63) is 68.3 Å². The average Bonchev–Trinajstić information content (AvgIpc) is 3.32. The molecule has 2 heterocycles. The number of aromatic amines is 1. The molecule has 12 heteroatoms. The van der Waals surface area contributed by atoms with Crippen molar-refractivity contribution >= 4 is 37.9 Å². The van der Waals surface area contributed by atoms with Gasteiger partial charge >= 0.3 is 0 Å². The Morgan fingerprint density at radius 2 is 1.57 bits per heavy atom. The Bertz CT molecular complexity index is 2140. The number of carbonyl (C=O) groups is 1. The van der Waals surface area contributed by atoms with E-state index in [2.05, 4.69) is 4.98 Å². The Labute approximate surface area is 256 Å². The van der Waals surface area contributed by atoms with Crippen molar-refractivity contribution in [2.24, 2.45) is 10.8 Å². The molecule has 0 saturated carbocycles. The number of aromatic nitrogens is 1. The van der Waals surface area contributed by atoms with Gasteiger partial charge in [-0.1, -0.05) is 47.6 Å². The molecule has 0 spiro atoms. The third-order valence-corrected chi connectivity index (χ3v) is 10.9. The lowest BCUT2D eigenvalue weighted by molar-refractivity contribution is -0.255. The minimum absolute atomic E-state index is 0.00393. The van der Waals surface area contributed by atoms with E-state index in [-0.39, 0.29) is 62.1 Å². The van der Waals surface area contributed by atoms with Crippen LogP contribution >= 0.6 is 0 Å². The van der Waals surface area contributed by atoms with Crippen molar-refractivity contribution in [3.8, 4) is 11.5 Å². The van der Waals surface area contributed by atoms with Gasteiger partial charge in [0.1, 0.15) is 30.0 Å². The van der Waals surface area contributed by atoms with Crippen LogP contribution in [0.4, 0.5) is 0 Å². The van der Waals surface area contributed by atoms with Crippen LogP contribution in [0.15, 0.2) is 34.2 Å². The molecule has 44 heavy (non-hydrogen) atoms. The summed E-state index contributed by atoms with van der Waals surface area (Å²) in [5, 5.41) is 12.5. The summed E-state index contributed by atoms with van der Waals surface area (Å²) < 4.78 is 84.6. The quantitative estimate of drug-likeness (QED) is 0.329. The van der Waals surface area contributed by atoms with E-state index in [4.69, 9.17) is 4.74 Å². The van der Waals surface area contributed by atoms with E-state index < -0.39 is 52.9 Å². The van der Waals surface area contributed by atoms with E-state index >= 15 is 0 Å². The zero-order chi connectivity index (χ0) is 32.3. The normalized spacial score (nSPS) is 21.7. The highest BCUT2D eigenvalue weighted by Crippen LogP contribution is 2.51. The second kappa shape index (κ2) is 9.53. The van der Waals surface area contributed by atoms with Gasteiger partial charge in [-0.3, -0.25) is 0 Å². The largest absolute Gasteiger partial charge is 0.744 e. The van der Waals surface area contributed by atoms with Crippen molar-refractivity contribution < 1.29 is 40.6 Å². The first kappa shape index (κ1) is 30.6. The van der Waals surface area contributed by atoms with Gasteiger partial charge in [-0.15, -0.1) is 0 Å². The summed E-state index contributed by atoms with van der Waals surface area (Å²) in [5.74, 6) is -2.80. The lowest BCUT2D eigenvalue weighted by atomic mass is 9.69. The van der Waals surface area contributed by atoms with E-state index in [1.165, 1.54) is 12.3 Å². The van der Waals surface area contributed by atoms with Crippen LogP contribution in [0.5, 0.6) is 11.5 Å². The highest BCUT2D eigenvalue weighted by Gasteiger charge is 2.39. The number of benzene rings is 2. The summed E-state index contributed by atoms with van der Waals surface area (Å²) in [5.41, 5.74) is 0.463.